The van der Waals surface area contributed by atoms with Crippen molar-refractivity contribution in [3.05, 3.63) is 62.7 Å². The second-order valence-corrected chi connectivity index (χ2v) is 5.33. The number of hydrogen-bond donors (Lipinski definition) is 3. The van der Waals surface area contributed by atoms with E-state index in [-0.39, 0.29) is 11.0 Å². The van der Waals surface area contributed by atoms with Crippen LogP contribution in [-0.4, -0.2) is 20.4 Å². The number of nitrogens with zero attached hydrogens (tertiary/aromatic N) is 1. The van der Waals surface area contributed by atoms with Gasteiger partial charge in [-0.25, -0.2) is 9.18 Å². The van der Waals surface area contributed by atoms with Crippen LogP contribution in [-0.2, 0) is 17.5 Å². The van der Waals surface area contributed by atoms with Crippen LogP contribution in [0, 0.1) is 5.82 Å². The van der Waals surface area contributed by atoms with Crippen LogP contribution in [0.2, 0.25) is 0 Å². The molecule has 3 N–H and O–H groups in total. The lowest BCUT2D eigenvalue weighted by Gasteiger charge is -2.12. The lowest BCUT2D eigenvalue weighted by molar-refractivity contribution is -0.140. The van der Waals surface area contributed by atoms with E-state index < -0.39 is 46.9 Å². The number of hydrogen-bond acceptors (Lipinski definition) is 3. The van der Waals surface area contributed by atoms with Gasteiger partial charge in [-0.1, -0.05) is 6.07 Å². The highest BCUT2D eigenvalue weighted by Gasteiger charge is 2.35. The van der Waals surface area contributed by atoms with Gasteiger partial charge >= 0.3 is 11.9 Å². The first-order valence-corrected chi connectivity index (χ1v) is 7.14. The summed E-state index contributed by atoms with van der Waals surface area (Å²) < 4.78 is 53.2. The summed E-state index contributed by atoms with van der Waals surface area (Å²) in [6.07, 6.45) is -3.57. The molecular weight excluding hydrogens is 360 g/mol. The monoisotopic (exact) mass is 370 g/mol. The molecular formula is C15H10F4N4O3. The Bertz CT molecular complexity index is 1110. The number of alkyl halides is 3. The minimum atomic E-state index is -4.90. The van der Waals surface area contributed by atoms with Crippen molar-refractivity contribution in [1.82, 2.24) is 14.5 Å². The molecule has 0 saturated carbocycles. The van der Waals surface area contributed by atoms with E-state index in [1.165, 1.54) is 16.8 Å². The molecule has 0 spiro atoms. The summed E-state index contributed by atoms with van der Waals surface area (Å²) in [6, 6.07) is 3.88. The molecule has 0 bridgehead atoms. The van der Waals surface area contributed by atoms with Crippen molar-refractivity contribution >= 4 is 22.6 Å². The fraction of sp³-hybridized carbons (Fsp3) is 0.133. The highest BCUT2D eigenvalue weighted by molar-refractivity contribution is 5.91. The van der Waals surface area contributed by atoms with E-state index in [4.69, 9.17) is 0 Å². The standard InChI is InChI=1S/C15H10F4N4O3/c16-11-7(15(17,18)19)2-1-3-8(11)20-10(24)6-23-5-4-9-12(23)13(25)22-14(26)21-9/h1-5H,6H2,(H,20,24)(H2,21,22,25,26). The number of H-pyrrole nitrogens is 2. The van der Waals surface area contributed by atoms with Crippen molar-refractivity contribution < 1.29 is 22.4 Å². The van der Waals surface area contributed by atoms with E-state index in [0.717, 1.165) is 12.1 Å². The maximum atomic E-state index is 13.9. The average molecular weight is 370 g/mol. The third kappa shape index (κ3) is 3.23. The summed E-state index contributed by atoms with van der Waals surface area (Å²) >= 11 is 0. The molecule has 0 aliphatic heterocycles. The topological polar surface area (TPSA) is 99.8 Å². The van der Waals surface area contributed by atoms with Crippen LogP contribution >= 0.6 is 0 Å². The summed E-state index contributed by atoms with van der Waals surface area (Å²) in [5.41, 5.74) is -3.44. The molecule has 3 aromatic rings. The Labute approximate surface area is 141 Å². The number of amides is 1. The predicted molar refractivity (Wildman–Crippen MR) is 83.2 cm³/mol. The molecule has 11 heteroatoms. The Morgan fingerprint density at radius 1 is 1.15 bits per heavy atom. The number of nitrogens with one attached hydrogen (secondary N) is 3. The molecule has 0 saturated heterocycles. The van der Waals surface area contributed by atoms with Gasteiger partial charge in [-0.2, -0.15) is 13.2 Å². The van der Waals surface area contributed by atoms with Gasteiger partial charge in [0.1, 0.15) is 12.1 Å². The van der Waals surface area contributed by atoms with E-state index in [2.05, 4.69) is 4.98 Å². The maximum Gasteiger partial charge on any atom is 0.419 e. The molecule has 0 unspecified atom stereocenters. The molecule has 0 fully saturated rings. The number of carbonyl (C=O) groups is 1. The number of fused-ring (bicyclic) bond motifs is 1. The van der Waals surface area contributed by atoms with Gasteiger partial charge in [0.15, 0.2) is 5.82 Å². The van der Waals surface area contributed by atoms with Crippen molar-refractivity contribution in [2.24, 2.45) is 0 Å². The lowest BCUT2D eigenvalue weighted by Crippen LogP contribution is -2.25. The first-order chi connectivity index (χ1) is 12.2. The molecule has 1 amide bonds. The Balaban J connectivity index is 1.87. The second-order valence-electron chi connectivity index (χ2n) is 5.33. The Morgan fingerprint density at radius 3 is 2.58 bits per heavy atom. The number of rotatable bonds is 3. The van der Waals surface area contributed by atoms with E-state index in [1.807, 2.05) is 10.3 Å². The SMILES string of the molecule is O=C(Cn1ccc2[nH]c(=O)[nH]c(=O)c21)Nc1cccc(C(F)(F)F)c1F. The van der Waals surface area contributed by atoms with Gasteiger partial charge in [0.25, 0.3) is 5.56 Å². The van der Waals surface area contributed by atoms with E-state index in [1.54, 1.807) is 0 Å². The minimum absolute atomic E-state index is 0.00994. The van der Waals surface area contributed by atoms with Crippen LogP contribution < -0.4 is 16.6 Å². The lowest BCUT2D eigenvalue weighted by atomic mass is 10.1. The number of carbonyl (C=O) groups excluding carboxylic acids is 1. The quantitative estimate of drug-likeness (QED) is 0.613. The van der Waals surface area contributed by atoms with Gasteiger partial charge in [0.05, 0.1) is 16.8 Å². The van der Waals surface area contributed by atoms with Crippen LogP contribution in [0.4, 0.5) is 23.2 Å². The van der Waals surface area contributed by atoms with Crippen molar-refractivity contribution in [1.29, 1.82) is 0 Å². The van der Waals surface area contributed by atoms with Crippen LogP contribution in [0.3, 0.4) is 0 Å². The van der Waals surface area contributed by atoms with Gasteiger partial charge in [-0.05, 0) is 18.2 Å². The number of aromatic nitrogens is 3. The van der Waals surface area contributed by atoms with E-state index >= 15 is 0 Å². The largest absolute Gasteiger partial charge is 0.419 e. The van der Waals surface area contributed by atoms with Crippen molar-refractivity contribution in [3.8, 4) is 0 Å². The number of anilines is 1. The second kappa shape index (κ2) is 6.17. The highest BCUT2D eigenvalue weighted by atomic mass is 19.4. The van der Waals surface area contributed by atoms with Gasteiger partial charge in [-0.15, -0.1) is 0 Å². The molecule has 2 heterocycles. The zero-order chi connectivity index (χ0) is 19.1. The van der Waals surface area contributed by atoms with Crippen LogP contribution in [0.25, 0.3) is 11.0 Å². The first-order valence-electron chi connectivity index (χ1n) is 7.14. The van der Waals surface area contributed by atoms with E-state index in [0.29, 0.717) is 6.07 Å². The molecule has 7 nitrogen and oxygen atoms in total. The predicted octanol–water partition coefficient (Wildman–Crippen LogP) is 1.81. The average Bonchev–Trinajstić information content (AvgIpc) is 2.91. The Kier molecular flexibility index (Phi) is 4.14. The van der Waals surface area contributed by atoms with Crippen LogP contribution in [0.1, 0.15) is 5.56 Å². The zero-order valence-electron chi connectivity index (χ0n) is 12.8. The van der Waals surface area contributed by atoms with Crippen molar-refractivity contribution in [2.75, 3.05) is 5.32 Å². The molecule has 136 valence electrons. The molecule has 2 aromatic heterocycles. The Morgan fingerprint density at radius 2 is 1.88 bits per heavy atom. The molecule has 0 radical (unpaired) electrons. The smallest absolute Gasteiger partial charge is 0.332 e. The summed E-state index contributed by atoms with van der Waals surface area (Å²) in [5.74, 6) is -2.46. The number of halogens is 4. The molecule has 26 heavy (non-hydrogen) atoms. The summed E-state index contributed by atoms with van der Waals surface area (Å²) in [5, 5.41) is 2.04. The molecule has 0 aliphatic rings. The van der Waals surface area contributed by atoms with Crippen molar-refractivity contribution in [2.45, 2.75) is 12.7 Å². The Hall–Kier alpha value is -3.37. The fourth-order valence-corrected chi connectivity index (χ4v) is 2.47. The van der Waals surface area contributed by atoms with Crippen molar-refractivity contribution in [3.63, 3.8) is 0 Å². The minimum Gasteiger partial charge on any atom is -0.332 e. The molecule has 0 atom stereocenters. The normalized spacial score (nSPS) is 11.7. The van der Waals surface area contributed by atoms with Gasteiger partial charge in [0.2, 0.25) is 5.91 Å². The zero-order valence-corrected chi connectivity index (χ0v) is 12.8. The number of aromatic amines is 2. The first kappa shape index (κ1) is 17.5. The summed E-state index contributed by atoms with van der Waals surface area (Å²) in [6.45, 7) is -0.478. The van der Waals surface area contributed by atoms with Gasteiger partial charge < -0.3 is 14.9 Å². The van der Waals surface area contributed by atoms with Gasteiger partial charge in [-0.3, -0.25) is 14.6 Å². The third-order valence-corrected chi connectivity index (χ3v) is 3.55. The third-order valence-electron chi connectivity index (χ3n) is 3.55. The fourth-order valence-electron chi connectivity index (χ4n) is 2.47. The molecule has 3 rings (SSSR count). The summed E-state index contributed by atoms with van der Waals surface area (Å²) in [4.78, 5) is 39.4. The number of benzene rings is 1. The van der Waals surface area contributed by atoms with Crippen LogP contribution in [0.15, 0.2) is 40.1 Å². The van der Waals surface area contributed by atoms with Crippen LogP contribution in [0.5, 0.6) is 0 Å². The molecule has 0 aliphatic carbocycles. The van der Waals surface area contributed by atoms with Gasteiger partial charge in [0, 0.05) is 6.20 Å². The van der Waals surface area contributed by atoms with E-state index in [9.17, 15) is 31.9 Å². The summed E-state index contributed by atoms with van der Waals surface area (Å²) in [7, 11) is 0. The highest BCUT2D eigenvalue weighted by Crippen LogP contribution is 2.33. The maximum absolute atomic E-state index is 13.9. The molecule has 1 aromatic carbocycles.